The number of imidazole rings is 1. The normalized spacial score (nSPS) is 21.5. The fourth-order valence-corrected chi connectivity index (χ4v) is 4.47. The Bertz CT molecular complexity index is 614. The molecule has 1 N–H and O–H groups in total. The van der Waals surface area contributed by atoms with Crippen molar-refractivity contribution in [2.24, 2.45) is 0 Å². The van der Waals surface area contributed by atoms with Gasteiger partial charge in [-0.25, -0.2) is 4.98 Å². The maximum absolute atomic E-state index is 4.42. The molecule has 1 atom stereocenters. The molecular formula is C16H19N3S. The van der Waals surface area contributed by atoms with E-state index in [9.17, 15) is 0 Å². The fourth-order valence-electron chi connectivity index (χ4n) is 3.27. The number of para-hydroxylation sites is 1. The zero-order valence-electron chi connectivity index (χ0n) is 11.5. The van der Waals surface area contributed by atoms with Crippen LogP contribution >= 0.6 is 11.8 Å². The SMILES string of the molecule is c1cc2c(c(-c3cncn3C3CCSC3)c1)NCCC2. The van der Waals surface area contributed by atoms with Crippen LogP contribution in [0.1, 0.15) is 24.4 Å². The van der Waals surface area contributed by atoms with Crippen molar-refractivity contribution in [3.63, 3.8) is 0 Å². The van der Waals surface area contributed by atoms with Gasteiger partial charge in [-0.05, 0) is 30.6 Å². The van der Waals surface area contributed by atoms with Gasteiger partial charge in [0.05, 0.1) is 18.2 Å². The van der Waals surface area contributed by atoms with Crippen LogP contribution in [0.4, 0.5) is 5.69 Å². The lowest BCUT2D eigenvalue weighted by atomic mass is 9.98. The third kappa shape index (κ3) is 2.03. The number of nitrogens with one attached hydrogen (secondary N) is 1. The van der Waals surface area contributed by atoms with Crippen LogP contribution in [0, 0.1) is 0 Å². The summed E-state index contributed by atoms with van der Waals surface area (Å²) in [4.78, 5) is 4.42. The summed E-state index contributed by atoms with van der Waals surface area (Å²) in [6.07, 6.45) is 7.71. The number of aryl methyl sites for hydroxylation is 1. The third-order valence-electron chi connectivity index (χ3n) is 4.32. The first-order valence-electron chi connectivity index (χ1n) is 7.39. The van der Waals surface area contributed by atoms with Gasteiger partial charge in [0.2, 0.25) is 0 Å². The highest BCUT2D eigenvalue weighted by Crippen LogP contribution is 2.37. The summed E-state index contributed by atoms with van der Waals surface area (Å²) in [6, 6.07) is 7.27. The van der Waals surface area contributed by atoms with Gasteiger partial charge in [0.25, 0.3) is 0 Å². The quantitative estimate of drug-likeness (QED) is 0.914. The molecule has 3 heterocycles. The Hall–Kier alpha value is -1.42. The number of fused-ring (bicyclic) bond motifs is 1. The second kappa shape index (κ2) is 5.17. The minimum Gasteiger partial charge on any atom is -0.384 e. The van der Waals surface area contributed by atoms with E-state index in [4.69, 9.17) is 0 Å². The Morgan fingerprint density at radius 1 is 1.35 bits per heavy atom. The van der Waals surface area contributed by atoms with E-state index in [1.807, 2.05) is 24.3 Å². The Labute approximate surface area is 123 Å². The van der Waals surface area contributed by atoms with Gasteiger partial charge in [-0.3, -0.25) is 0 Å². The number of anilines is 1. The van der Waals surface area contributed by atoms with Crippen LogP contribution in [-0.2, 0) is 6.42 Å². The van der Waals surface area contributed by atoms with Crippen molar-refractivity contribution >= 4 is 17.4 Å². The molecule has 2 aliphatic heterocycles. The number of benzene rings is 1. The highest BCUT2D eigenvalue weighted by molar-refractivity contribution is 7.99. The Kier molecular flexibility index (Phi) is 3.19. The summed E-state index contributed by atoms with van der Waals surface area (Å²) in [6.45, 7) is 1.08. The van der Waals surface area contributed by atoms with Crippen molar-refractivity contribution in [3.05, 3.63) is 36.3 Å². The highest BCUT2D eigenvalue weighted by Gasteiger charge is 2.22. The third-order valence-corrected chi connectivity index (χ3v) is 5.46. The second-order valence-electron chi connectivity index (χ2n) is 5.57. The molecule has 104 valence electrons. The molecule has 1 aromatic carbocycles. The molecule has 3 nitrogen and oxygen atoms in total. The maximum Gasteiger partial charge on any atom is 0.0953 e. The van der Waals surface area contributed by atoms with Crippen LogP contribution in [0.2, 0.25) is 0 Å². The van der Waals surface area contributed by atoms with Gasteiger partial charge in [-0.2, -0.15) is 11.8 Å². The predicted octanol–water partition coefficient (Wildman–Crippen LogP) is 3.59. The smallest absolute Gasteiger partial charge is 0.0953 e. The van der Waals surface area contributed by atoms with Gasteiger partial charge >= 0.3 is 0 Å². The minimum absolute atomic E-state index is 0.608. The van der Waals surface area contributed by atoms with Crippen LogP contribution < -0.4 is 5.32 Å². The molecule has 2 aromatic rings. The first-order valence-corrected chi connectivity index (χ1v) is 8.54. The largest absolute Gasteiger partial charge is 0.384 e. The molecule has 0 spiro atoms. The Balaban J connectivity index is 1.80. The molecule has 0 bridgehead atoms. The molecule has 1 saturated heterocycles. The van der Waals surface area contributed by atoms with Crippen LogP contribution in [0.5, 0.6) is 0 Å². The predicted molar refractivity (Wildman–Crippen MR) is 85.5 cm³/mol. The molecule has 1 fully saturated rings. The summed E-state index contributed by atoms with van der Waals surface area (Å²) < 4.78 is 2.38. The molecule has 1 aromatic heterocycles. The summed E-state index contributed by atoms with van der Waals surface area (Å²) >= 11 is 2.05. The van der Waals surface area contributed by atoms with Crippen molar-refractivity contribution in [2.75, 3.05) is 23.4 Å². The van der Waals surface area contributed by atoms with E-state index >= 15 is 0 Å². The number of aromatic nitrogens is 2. The Morgan fingerprint density at radius 3 is 3.25 bits per heavy atom. The molecular weight excluding hydrogens is 266 g/mol. The maximum atomic E-state index is 4.42. The van der Waals surface area contributed by atoms with E-state index in [1.165, 1.54) is 53.3 Å². The number of rotatable bonds is 2. The molecule has 4 heteroatoms. The monoisotopic (exact) mass is 285 g/mol. The molecule has 0 radical (unpaired) electrons. The van der Waals surface area contributed by atoms with E-state index in [0.29, 0.717) is 6.04 Å². The lowest BCUT2D eigenvalue weighted by Crippen LogP contribution is -2.14. The molecule has 0 saturated carbocycles. The summed E-state index contributed by atoms with van der Waals surface area (Å²) in [5, 5.41) is 3.59. The van der Waals surface area contributed by atoms with E-state index in [2.05, 4.69) is 33.1 Å². The Morgan fingerprint density at radius 2 is 2.35 bits per heavy atom. The summed E-state index contributed by atoms with van der Waals surface area (Å²) in [5.41, 5.74) is 5.36. The number of nitrogens with zero attached hydrogens (tertiary/aromatic N) is 2. The van der Waals surface area contributed by atoms with Crippen molar-refractivity contribution in [2.45, 2.75) is 25.3 Å². The van der Waals surface area contributed by atoms with Crippen molar-refractivity contribution in [1.82, 2.24) is 9.55 Å². The first-order chi connectivity index (χ1) is 9.93. The molecule has 20 heavy (non-hydrogen) atoms. The van der Waals surface area contributed by atoms with E-state index < -0.39 is 0 Å². The van der Waals surface area contributed by atoms with Crippen LogP contribution in [0.25, 0.3) is 11.3 Å². The van der Waals surface area contributed by atoms with E-state index in [1.54, 1.807) is 0 Å². The van der Waals surface area contributed by atoms with Gasteiger partial charge in [-0.1, -0.05) is 18.2 Å². The van der Waals surface area contributed by atoms with E-state index in [-0.39, 0.29) is 0 Å². The lowest BCUT2D eigenvalue weighted by Gasteiger charge is -2.23. The molecule has 2 aliphatic rings. The lowest BCUT2D eigenvalue weighted by molar-refractivity contribution is 0.565. The standard InChI is InChI=1S/C16H19N3S/c1-3-12-4-2-7-18-16(12)14(5-1)15-9-17-11-19(15)13-6-8-20-10-13/h1,3,5,9,11,13,18H,2,4,6-8,10H2. The van der Waals surface area contributed by atoms with Crippen molar-refractivity contribution in [3.8, 4) is 11.3 Å². The molecule has 0 amide bonds. The zero-order valence-corrected chi connectivity index (χ0v) is 12.3. The average Bonchev–Trinajstić information content (AvgIpc) is 3.17. The van der Waals surface area contributed by atoms with Gasteiger partial charge in [0.1, 0.15) is 0 Å². The van der Waals surface area contributed by atoms with Gasteiger partial charge < -0.3 is 9.88 Å². The zero-order chi connectivity index (χ0) is 13.4. The van der Waals surface area contributed by atoms with Crippen molar-refractivity contribution < 1.29 is 0 Å². The summed E-state index contributed by atoms with van der Waals surface area (Å²) in [5.74, 6) is 2.49. The molecule has 4 rings (SSSR count). The van der Waals surface area contributed by atoms with Gasteiger partial charge in [0, 0.05) is 29.6 Å². The van der Waals surface area contributed by atoms with Crippen LogP contribution in [0.15, 0.2) is 30.7 Å². The van der Waals surface area contributed by atoms with Crippen molar-refractivity contribution in [1.29, 1.82) is 0 Å². The highest BCUT2D eigenvalue weighted by atomic mass is 32.2. The topological polar surface area (TPSA) is 29.9 Å². The van der Waals surface area contributed by atoms with Gasteiger partial charge in [-0.15, -0.1) is 0 Å². The molecule has 1 unspecified atom stereocenters. The van der Waals surface area contributed by atoms with Crippen LogP contribution in [0.3, 0.4) is 0 Å². The van der Waals surface area contributed by atoms with Crippen LogP contribution in [-0.4, -0.2) is 27.6 Å². The summed E-state index contributed by atoms with van der Waals surface area (Å²) in [7, 11) is 0. The minimum atomic E-state index is 0.608. The molecule has 0 aliphatic carbocycles. The number of hydrogen-bond acceptors (Lipinski definition) is 3. The number of thioether (sulfide) groups is 1. The average molecular weight is 285 g/mol. The second-order valence-corrected chi connectivity index (χ2v) is 6.72. The first kappa shape index (κ1) is 12.3. The van der Waals surface area contributed by atoms with E-state index in [0.717, 1.165) is 6.54 Å². The van der Waals surface area contributed by atoms with Gasteiger partial charge in [0.15, 0.2) is 0 Å². The fraction of sp³-hybridized carbons (Fsp3) is 0.438. The number of hydrogen-bond donors (Lipinski definition) is 1.